The van der Waals surface area contributed by atoms with Gasteiger partial charge in [0.15, 0.2) is 0 Å². The maximum absolute atomic E-state index is 12.4. The van der Waals surface area contributed by atoms with E-state index in [4.69, 9.17) is 0 Å². The number of rotatable bonds is 3. The van der Waals surface area contributed by atoms with Crippen LogP contribution in [0.5, 0.6) is 0 Å². The number of ether oxygens (including phenoxy) is 2. The number of Topliss-reactive ketones (excluding diaryl/α,β-unsaturated/α-hetero) is 2. The molecule has 2 aliphatic rings. The van der Waals surface area contributed by atoms with Crippen LogP contribution in [0.2, 0.25) is 0 Å². The van der Waals surface area contributed by atoms with Crippen molar-refractivity contribution in [1.82, 2.24) is 0 Å². The zero-order valence-electron chi connectivity index (χ0n) is 12.7. The summed E-state index contributed by atoms with van der Waals surface area (Å²) in [6, 6.07) is 7.11. The predicted octanol–water partition coefficient (Wildman–Crippen LogP) is 1.37. The molecule has 0 saturated heterocycles. The Labute approximate surface area is 144 Å². The molecule has 26 heavy (non-hydrogen) atoms. The molecule has 126 valence electrons. The quantitative estimate of drug-likeness (QED) is 0.352. The smallest absolute Gasteiger partial charge is 0.346 e. The van der Waals surface area contributed by atoms with Crippen molar-refractivity contribution in [3.05, 3.63) is 69.8 Å². The lowest BCUT2D eigenvalue weighted by Gasteiger charge is -2.03. The van der Waals surface area contributed by atoms with E-state index in [-0.39, 0.29) is 33.4 Å². The highest BCUT2D eigenvalue weighted by molar-refractivity contribution is 6.49. The Kier molecular flexibility index (Phi) is 3.16. The van der Waals surface area contributed by atoms with Gasteiger partial charge >= 0.3 is 23.9 Å². The molecule has 0 spiro atoms. The van der Waals surface area contributed by atoms with Crippen molar-refractivity contribution in [2.45, 2.75) is 0 Å². The fourth-order valence-corrected chi connectivity index (χ4v) is 2.72. The number of cyclic esters (lactones) is 4. The van der Waals surface area contributed by atoms with Gasteiger partial charge < -0.3 is 9.47 Å². The van der Waals surface area contributed by atoms with Crippen molar-refractivity contribution >= 4 is 35.4 Å². The molecule has 4 rings (SSSR count). The number of benzene rings is 2. The lowest BCUT2D eigenvalue weighted by molar-refractivity contribution is 0.0425. The molecule has 2 aliphatic heterocycles. The average Bonchev–Trinajstić information content (AvgIpc) is 3.09. The molecule has 0 saturated carbocycles. The van der Waals surface area contributed by atoms with Crippen molar-refractivity contribution in [3.63, 3.8) is 0 Å². The van der Waals surface area contributed by atoms with Crippen molar-refractivity contribution in [2.24, 2.45) is 0 Å². The Morgan fingerprint density at radius 3 is 1.27 bits per heavy atom. The second-order valence-corrected chi connectivity index (χ2v) is 5.53. The summed E-state index contributed by atoms with van der Waals surface area (Å²) in [5.74, 6) is -5.33. The zero-order valence-corrected chi connectivity index (χ0v) is 12.7. The van der Waals surface area contributed by atoms with Crippen molar-refractivity contribution < 1.29 is 38.2 Å². The van der Waals surface area contributed by atoms with Crippen LogP contribution in [0, 0.1) is 0 Å². The number of hydrogen-bond donors (Lipinski definition) is 0. The highest BCUT2D eigenvalue weighted by atomic mass is 16.6. The van der Waals surface area contributed by atoms with Gasteiger partial charge in [0.25, 0.3) is 0 Å². The van der Waals surface area contributed by atoms with Crippen LogP contribution in [0.1, 0.15) is 62.1 Å². The topological polar surface area (TPSA) is 121 Å². The van der Waals surface area contributed by atoms with Crippen LogP contribution in [-0.4, -0.2) is 35.4 Å². The molecule has 0 unspecified atom stereocenters. The summed E-state index contributed by atoms with van der Waals surface area (Å²) in [7, 11) is 0. The second-order valence-electron chi connectivity index (χ2n) is 5.53. The molecule has 0 fully saturated rings. The van der Waals surface area contributed by atoms with Crippen LogP contribution in [0.15, 0.2) is 36.4 Å². The van der Waals surface area contributed by atoms with Gasteiger partial charge in [-0.1, -0.05) is 12.1 Å². The van der Waals surface area contributed by atoms with Crippen LogP contribution < -0.4 is 0 Å². The fraction of sp³-hybridized carbons (Fsp3) is 0. The minimum Gasteiger partial charge on any atom is -0.386 e. The van der Waals surface area contributed by atoms with Crippen LogP contribution >= 0.6 is 0 Å². The Morgan fingerprint density at radius 1 is 0.538 bits per heavy atom. The predicted molar refractivity (Wildman–Crippen MR) is 81.0 cm³/mol. The van der Waals surface area contributed by atoms with Gasteiger partial charge in [-0.2, -0.15) is 0 Å². The van der Waals surface area contributed by atoms with E-state index in [1.54, 1.807) is 0 Å². The Morgan fingerprint density at radius 2 is 0.885 bits per heavy atom. The third-order valence-electron chi connectivity index (χ3n) is 4.02. The monoisotopic (exact) mass is 350 g/mol. The Balaban J connectivity index is 1.69. The Hall–Kier alpha value is -3.94. The molecule has 0 atom stereocenters. The van der Waals surface area contributed by atoms with E-state index >= 15 is 0 Å². The van der Waals surface area contributed by atoms with Gasteiger partial charge in [0.1, 0.15) is 0 Å². The summed E-state index contributed by atoms with van der Waals surface area (Å²) < 4.78 is 8.85. The first-order valence-corrected chi connectivity index (χ1v) is 7.27. The summed E-state index contributed by atoms with van der Waals surface area (Å²) >= 11 is 0. The fourth-order valence-electron chi connectivity index (χ4n) is 2.72. The van der Waals surface area contributed by atoms with E-state index in [0.717, 1.165) is 12.1 Å². The highest BCUT2D eigenvalue weighted by Crippen LogP contribution is 2.24. The maximum atomic E-state index is 12.4. The standard InChI is InChI=1S/C18H6O8/c19-13(7-1-3-9-11(5-7)17(23)25-15(9)21)14(20)8-2-4-10-12(6-8)18(24)26-16(10)22/h1-6H. The van der Waals surface area contributed by atoms with E-state index in [2.05, 4.69) is 9.47 Å². The van der Waals surface area contributed by atoms with Crippen molar-refractivity contribution in [2.75, 3.05) is 0 Å². The summed E-state index contributed by atoms with van der Waals surface area (Å²) in [5, 5.41) is 0. The molecule has 0 N–H and O–H groups in total. The van der Waals surface area contributed by atoms with E-state index in [1.165, 1.54) is 24.3 Å². The minimum atomic E-state index is -0.947. The molecule has 0 bridgehead atoms. The first-order valence-electron chi connectivity index (χ1n) is 7.27. The normalized spacial score (nSPS) is 14.6. The first kappa shape index (κ1) is 15.6. The first-order chi connectivity index (χ1) is 12.4. The van der Waals surface area contributed by atoms with Gasteiger partial charge in [-0.3, -0.25) is 9.59 Å². The third-order valence-corrected chi connectivity index (χ3v) is 4.02. The summed E-state index contributed by atoms with van der Waals surface area (Å²) in [5.41, 5.74) is -0.400. The molecular formula is C18H6O8. The van der Waals surface area contributed by atoms with Crippen LogP contribution in [0.4, 0.5) is 0 Å². The summed E-state index contributed by atoms with van der Waals surface area (Å²) in [6.45, 7) is 0. The molecule has 2 aromatic rings. The zero-order chi connectivity index (χ0) is 18.6. The van der Waals surface area contributed by atoms with Crippen LogP contribution in [-0.2, 0) is 9.47 Å². The number of ketones is 2. The molecule has 2 aromatic carbocycles. The second kappa shape index (κ2) is 5.28. The Bertz CT molecular complexity index is 1000. The highest BCUT2D eigenvalue weighted by Gasteiger charge is 2.33. The third kappa shape index (κ3) is 2.16. The molecule has 2 heterocycles. The number of hydrogen-bond acceptors (Lipinski definition) is 8. The molecule has 8 nitrogen and oxygen atoms in total. The van der Waals surface area contributed by atoms with E-state index in [0.29, 0.717) is 0 Å². The number of carbonyl (C=O) groups excluding carboxylic acids is 6. The van der Waals surface area contributed by atoms with Gasteiger partial charge in [0, 0.05) is 11.1 Å². The van der Waals surface area contributed by atoms with Crippen molar-refractivity contribution in [1.29, 1.82) is 0 Å². The molecule has 0 radical (unpaired) electrons. The summed E-state index contributed by atoms with van der Waals surface area (Å²) in [4.78, 5) is 70.8. The lowest BCUT2D eigenvalue weighted by atomic mass is 9.96. The van der Waals surface area contributed by atoms with Gasteiger partial charge in [-0.15, -0.1) is 0 Å². The molecule has 0 aromatic heterocycles. The molecule has 0 amide bonds. The van der Waals surface area contributed by atoms with Crippen molar-refractivity contribution in [3.8, 4) is 0 Å². The summed E-state index contributed by atoms with van der Waals surface area (Å²) in [6.07, 6.45) is 0. The van der Waals surface area contributed by atoms with Gasteiger partial charge in [0.2, 0.25) is 11.6 Å². The number of esters is 4. The maximum Gasteiger partial charge on any atom is 0.346 e. The lowest BCUT2D eigenvalue weighted by Crippen LogP contribution is -2.15. The van der Waals surface area contributed by atoms with Gasteiger partial charge in [0.05, 0.1) is 22.3 Å². The largest absolute Gasteiger partial charge is 0.386 e. The number of fused-ring (bicyclic) bond motifs is 2. The van der Waals surface area contributed by atoms with Crippen LogP contribution in [0.25, 0.3) is 0 Å². The molecule has 8 heteroatoms. The van der Waals surface area contributed by atoms with E-state index in [9.17, 15) is 28.8 Å². The van der Waals surface area contributed by atoms with E-state index < -0.39 is 35.4 Å². The molecule has 0 aliphatic carbocycles. The average molecular weight is 350 g/mol. The van der Waals surface area contributed by atoms with Gasteiger partial charge in [-0.25, -0.2) is 19.2 Å². The van der Waals surface area contributed by atoms with Crippen LogP contribution in [0.3, 0.4) is 0 Å². The van der Waals surface area contributed by atoms with Gasteiger partial charge in [-0.05, 0) is 24.3 Å². The molecular weight excluding hydrogens is 344 g/mol. The van der Waals surface area contributed by atoms with E-state index in [1.807, 2.05) is 0 Å². The number of carbonyl (C=O) groups is 6. The minimum absolute atomic E-state index is 0.0118. The SMILES string of the molecule is O=C(C(=O)c1ccc2c(c1)C(=O)OC2=O)c1ccc2c(c1)C(=O)OC2=O.